The monoisotopic (exact) mass is 362 g/mol. The second-order valence-corrected chi connectivity index (χ2v) is 6.98. The molecule has 2 aromatic rings. The average Bonchev–Trinajstić information content (AvgIpc) is 2.92. The summed E-state index contributed by atoms with van der Waals surface area (Å²) in [5.74, 6) is -0.142. The van der Waals surface area contributed by atoms with Gasteiger partial charge in [0, 0.05) is 10.4 Å². The number of benzene rings is 1. The summed E-state index contributed by atoms with van der Waals surface area (Å²) in [6.45, 7) is 0. The molecule has 1 N–H and O–H groups in total. The number of carbonyl (C=O) groups excluding carboxylic acids is 1. The van der Waals surface area contributed by atoms with Crippen molar-refractivity contribution in [3.8, 4) is 0 Å². The third-order valence-corrected chi connectivity index (χ3v) is 5.48. The summed E-state index contributed by atoms with van der Waals surface area (Å²) < 4.78 is 0. The highest BCUT2D eigenvalue weighted by Crippen LogP contribution is 2.40. The molecular weight excluding hydrogens is 348 g/mol. The minimum absolute atomic E-state index is 0.142. The molecule has 124 valence electrons. The van der Waals surface area contributed by atoms with E-state index in [9.17, 15) is 14.9 Å². The van der Waals surface area contributed by atoms with Crippen molar-refractivity contribution in [2.24, 2.45) is 0 Å². The fourth-order valence-electron chi connectivity index (χ4n) is 2.86. The van der Waals surface area contributed by atoms with Gasteiger partial charge < -0.3 is 5.32 Å². The number of fused-ring (bicyclic) bond motifs is 1. The summed E-state index contributed by atoms with van der Waals surface area (Å²) in [5.41, 5.74) is 2.09. The lowest BCUT2D eigenvalue weighted by Crippen LogP contribution is -2.09. The van der Waals surface area contributed by atoms with Crippen molar-refractivity contribution in [2.75, 3.05) is 5.32 Å². The van der Waals surface area contributed by atoms with Crippen molar-refractivity contribution >= 4 is 33.7 Å². The first kappa shape index (κ1) is 16.7. The van der Waals surface area contributed by atoms with E-state index in [-0.39, 0.29) is 5.78 Å². The molecule has 1 aliphatic rings. The van der Waals surface area contributed by atoms with E-state index in [4.69, 9.17) is 11.6 Å². The van der Waals surface area contributed by atoms with Gasteiger partial charge in [-0.15, -0.1) is 11.3 Å². The number of aryl methyl sites for hydroxylation is 1. The number of nitro groups is 1. The van der Waals surface area contributed by atoms with E-state index in [1.807, 2.05) is 0 Å². The maximum absolute atomic E-state index is 13.0. The molecule has 0 bridgehead atoms. The van der Waals surface area contributed by atoms with E-state index in [0.29, 0.717) is 21.2 Å². The van der Waals surface area contributed by atoms with Crippen LogP contribution in [-0.4, -0.2) is 10.7 Å². The third kappa shape index (κ3) is 3.34. The molecule has 1 aromatic carbocycles. The first-order valence-corrected chi connectivity index (χ1v) is 8.78. The number of rotatable bonds is 5. The average molecular weight is 363 g/mol. The molecule has 3 rings (SSSR count). The maximum Gasteiger partial charge on any atom is 0.250 e. The fourth-order valence-corrected chi connectivity index (χ4v) is 4.35. The zero-order chi connectivity index (χ0) is 17.1. The van der Waals surface area contributed by atoms with Gasteiger partial charge in [-0.25, -0.2) is 0 Å². The van der Waals surface area contributed by atoms with Crippen LogP contribution in [0.25, 0.3) is 0 Å². The number of halogens is 1. The van der Waals surface area contributed by atoms with Crippen LogP contribution in [0.5, 0.6) is 0 Å². The Kier molecular flexibility index (Phi) is 4.97. The summed E-state index contributed by atoms with van der Waals surface area (Å²) in [5, 5.41) is 14.4. The van der Waals surface area contributed by atoms with Crippen LogP contribution in [0.15, 0.2) is 36.7 Å². The summed E-state index contributed by atoms with van der Waals surface area (Å²) in [6.07, 6.45) is 5.98. The van der Waals surface area contributed by atoms with Crippen molar-refractivity contribution in [3.05, 3.63) is 73.4 Å². The van der Waals surface area contributed by atoms with Crippen molar-refractivity contribution in [1.82, 2.24) is 0 Å². The molecular formula is C17H15ClN2O3S. The predicted molar refractivity (Wildman–Crippen MR) is 95.6 cm³/mol. The van der Waals surface area contributed by atoms with Crippen molar-refractivity contribution in [2.45, 2.75) is 25.7 Å². The number of ketones is 1. The number of nitrogens with one attached hydrogen (secondary N) is 1. The van der Waals surface area contributed by atoms with Crippen LogP contribution in [0.2, 0.25) is 5.02 Å². The third-order valence-electron chi connectivity index (χ3n) is 3.93. The Morgan fingerprint density at radius 3 is 2.79 bits per heavy atom. The number of thiophene rings is 1. The van der Waals surface area contributed by atoms with Gasteiger partial charge in [-0.1, -0.05) is 23.7 Å². The molecule has 7 heteroatoms. The van der Waals surface area contributed by atoms with E-state index in [0.717, 1.165) is 37.4 Å². The Labute approximate surface area is 148 Å². The van der Waals surface area contributed by atoms with Gasteiger partial charge in [0.25, 0.3) is 0 Å². The molecule has 1 aromatic heterocycles. The molecule has 0 atom stereocenters. The minimum Gasteiger partial charge on any atom is -0.348 e. The molecule has 0 aliphatic heterocycles. The standard InChI is InChI=1S/C17H15ClN2O3S/c18-13-7-3-1-5-11(13)16(21)15-12-6-2-4-8-14(12)24-17(15)19-9-10-20(22)23/h1,3,5,7,9-10,19H,2,4,6,8H2/b10-9+. The van der Waals surface area contributed by atoms with Crippen LogP contribution in [0.4, 0.5) is 5.00 Å². The first-order chi connectivity index (χ1) is 11.6. The summed E-state index contributed by atoms with van der Waals surface area (Å²) in [7, 11) is 0. The highest BCUT2D eigenvalue weighted by molar-refractivity contribution is 7.16. The highest BCUT2D eigenvalue weighted by atomic mass is 35.5. The SMILES string of the molecule is O=C(c1ccccc1Cl)c1c(N/C=C/[N+](=O)[O-])sc2c1CCCC2. The minimum atomic E-state index is -0.546. The van der Waals surface area contributed by atoms with Crippen LogP contribution < -0.4 is 5.32 Å². The number of carbonyl (C=O) groups is 1. The van der Waals surface area contributed by atoms with Crippen LogP contribution in [-0.2, 0) is 12.8 Å². The van der Waals surface area contributed by atoms with E-state index in [2.05, 4.69) is 5.32 Å². The molecule has 0 saturated heterocycles. The van der Waals surface area contributed by atoms with Gasteiger partial charge in [0.1, 0.15) is 5.00 Å². The molecule has 0 spiro atoms. The Bertz CT molecular complexity index is 829. The molecule has 0 fully saturated rings. The molecule has 5 nitrogen and oxygen atoms in total. The summed E-state index contributed by atoms with van der Waals surface area (Å²) in [4.78, 5) is 24.1. The van der Waals surface area contributed by atoms with E-state index in [1.54, 1.807) is 24.3 Å². The van der Waals surface area contributed by atoms with E-state index < -0.39 is 4.92 Å². The Morgan fingerprint density at radius 2 is 2.04 bits per heavy atom. The highest BCUT2D eigenvalue weighted by Gasteiger charge is 2.26. The van der Waals surface area contributed by atoms with Gasteiger partial charge in [0.2, 0.25) is 6.20 Å². The van der Waals surface area contributed by atoms with Crippen LogP contribution in [0.3, 0.4) is 0 Å². The fraction of sp³-hybridized carbons (Fsp3) is 0.235. The number of hydrogen-bond acceptors (Lipinski definition) is 5. The lowest BCUT2D eigenvalue weighted by Gasteiger charge is -2.13. The maximum atomic E-state index is 13.0. The van der Waals surface area contributed by atoms with Crippen LogP contribution in [0.1, 0.15) is 39.2 Å². The Balaban J connectivity index is 2.04. The van der Waals surface area contributed by atoms with Gasteiger partial charge in [0.15, 0.2) is 5.78 Å². The van der Waals surface area contributed by atoms with Crippen molar-refractivity contribution < 1.29 is 9.72 Å². The van der Waals surface area contributed by atoms with Crippen LogP contribution in [0, 0.1) is 10.1 Å². The zero-order valence-electron chi connectivity index (χ0n) is 12.8. The number of hydrogen-bond donors (Lipinski definition) is 1. The zero-order valence-corrected chi connectivity index (χ0v) is 14.3. The van der Waals surface area contributed by atoms with Crippen molar-refractivity contribution in [1.29, 1.82) is 0 Å². The smallest absolute Gasteiger partial charge is 0.250 e. The van der Waals surface area contributed by atoms with Gasteiger partial charge in [-0.3, -0.25) is 14.9 Å². The topological polar surface area (TPSA) is 72.2 Å². The van der Waals surface area contributed by atoms with Crippen LogP contribution >= 0.6 is 22.9 Å². The predicted octanol–water partition coefficient (Wildman–Crippen LogP) is 4.67. The quantitative estimate of drug-likeness (QED) is 0.476. The molecule has 24 heavy (non-hydrogen) atoms. The van der Waals surface area contributed by atoms with Crippen molar-refractivity contribution in [3.63, 3.8) is 0 Å². The Hall–Kier alpha value is -2.18. The van der Waals surface area contributed by atoms with Gasteiger partial charge in [0.05, 0.1) is 21.7 Å². The van der Waals surface area contributed by atoms with E-state index >= 15 is 0 Å². The molecule has 0 radical (unpaired) electrons. The molecule has 0 unspecified atom stereocenters. The summed E-state index contributed by atoms with van der Waals surface area (Å²) >= 11 is 7.67. The number of nitrogens with zero attached hydrogens (tertiary/aromatic N) is 1. The molecule has 0 amide bonds. The lowest BCUT2D eigenvalue weighted by atomic mass is 9.92. The Morgan fingerprint density at radius 1 is 1.29 bits per heavy atom. The first-order valence-electron chi connectivity index (χ1n) is 7.58. The second-order valence-electron chi connectivity index (χ2n) is 5.47. The summed E-state index contributed by atoms with van der Waals surface area (Å²) in [6, 6.07) is 6.94. The van der Waals surface area contributed by atoms with Gasteiger partial charge >= 0.3 is 0 Å². The van der Waals surface area contributed by atoms with E-state index in [1.165, 1.54) is 22.4 Å². The number of anilines is 1. The molecule has 0 saturated carbocycles. The largest absolute Gasteiger partial charge is 0.348 e. The normalized spacial score (nSPS) is 13.7. The van der Waals surface area contributed by atoms with Gasteiger partial charge in [-0.2, -0.15) is 0 Å². The lowest BCUT2D eigenvalue weighted by molar-refractivity contribution is -0.402. The molecule has 1 heterocycles. The second kappa shape index (κ2) is 7.15. The van der Waals surface area contributed by atoms with Gasteiger partial charge in [-0.05, 0) is 43.4 Å². The molecule has 1 aliphatic carbocycles.